The average molecular weight is 325 g/mol. The van der Waals surface area contributed by atoms with E-state index in [4.69, 9.17) is 15.9 Å². The highest BCUT2D eigenvalue weighted by Crippen LogP contribution is 2.32. The minimum absolute atomic E-state index is 0.121. The maximum Gasteiger partial charge on any atom is 0.353 e. The van der Waals surface area contributed by atoms with Gasteiger partial charge in [0, 0.05) is 23.6 Å². The van der Waals surface area contributed by atoms with Gasteiger partial charge in [-0.3, -0.25) is 15.5 Å². The van der Waals surface area contributed by atoms with Gasteiger partial charge in [-0.05, 0) is 27.2 Å². The van der Waals surface area contributed by atoms with Crippen molar-refractivity contribution in [2.75, 3.05) is 5.73 Å². The van der Waals surface area contributed by atoms with E-state index in [1.165, 1.54) is 0 Å². The molecule has 8 heteroatoms. The van der Waals surface area contributed by atoms with E-state index in [2.05, 4.69) is 0 Å². The zero-order valence-electron chi connectivity index (χ0n) is 13.5. The Morgan fingerprint density at radius 2 is 2.04 bits per heavy atom. The molecule has 1 aromatic rings. The van der Waals surface area contributed by atoms with E-state index in [1.54, 1.807) is 27.7 Å². The van der Waals surface area contributed by atoms with Gasteiger partial charge in [-0.1, -0.05) is 6.92 Å². The number of nitro benzene ring substituents is 1. The number of hydrogen-bond donors (Lipinski definition) is 2. The highest BCUT2D eigenvalue weighted by atomic mass is 19.1. The number of nitrogens with zero attached hydrogens (tertiary/aromatic N) is 1. The highest BCUT2D eigenvalue weighted by molar-refractivity contribution is 6.37. The third-order valence-electron chi connectivity index (χ3n) is 3.09. The van der Waals surface area contributed by atoms with Crippen molar-refractivity contribution in [1.29, 1.82) is 5.41 Å². The number of nitro groups is 1. The molecule has 23 heavy (non-hydrogen) atoms. The fourth-order valence-electron chi connectivity index (χ4n) is 2.07. The van der Waals surface area contributed by atoms with E-state index in [0.29, 0.717) is 0 Å². The number of halogens is 1. The first-order valence-electron chi connectivity index (χ1n) is 7.03. The van der Waals surface area contributed by atoms with Crippen LogP contribution in [-0.2, 0) is 9.53 Å². The highest BCUT2D eigenvalue weighted by Gasteiger charge is 2.30. The van der Waals surface area contributed by atoms with E-state index in [-0.39, 0.29) is 17.7 Å². The largest absolute Gasteiger partial charge is 0.455 e. The maximum absolute atomic E-state index is 14.1. The van der Waals surface area contributed by atoms with Crippen LogP contribution in [0.2, 0.25) is 0 Å². The van der Waals surface area contributed by atoms with Crippen LogP contribution in [0.3, 0.4) is 0 Å². The fraction of sp³-hybridized carbons (Fsp3) is 0.467. The lowest BCUT2D eigenvalue weighted by Crippen LogP contribution is -2.31. The van der Waals surface area contributed by atoms with Gasteiger partial charge in [0.05, 0.1) is 4.92 Å². The molecule has 0 aliphatic rings. The van der Waals surface area contributed by atoms with Gasteiger partial charge in [0.2, 0.25) is 0 Å². The second-order valence-electron chi connectivity index (χ2n) is 6.07. The molecular weight excluding hydrogens is 305 g/mol. The van der Waals surface area contributed by atoms with Crippen molar-refractivity contribution in [3.63, 3.8) is 0 Å². The summed E-state index contributed by atoms with van der Waals surface area (Å²) in [5.74, 6) is -2.64. The van der Waals surface area contributed by atoms with Crippen LogP contribution in [0.4, 0.5) is 15.8 Å². The number of nitrogens with one attached hydrogen (secondary N) is 1. The van der Waals surface area contributed by atoms with E-state index in [1.807, 2.05) is 0 Å². The quantitative estimate of drug-likeness (QED) is 0.283. The van der Waals surface area contributed by atoms with Crippen molar-refractivity contribution < 1.29 is 18.8 Å². The minimum Gasteiger partial charge on any atom is -0.455 e. The molecule has 0 radical (unpaired) electrons. The lowest BCUT2D eigenvalue weighted by molar-refractivity contribution is -0.384. The van der Waals surface area contributed by atoms with Crippen LogP contribution in [0.5, 0.6) is 0 Å². The zero-order valence-corrected chi connectivity index (χ0v) is 13.5. The van der Waals surface area contributed by atoms with Gasteiger partial charge < -0.3 is 10.5 Å². The van der Waals surface area contributed by atoms with Crippen LogP contribution >= 0.6 is 0 Å². The molecule has 0 aliphatic carbocycles. The Labute approximate surface area is 133 Å². The molecule has 0 amide bonds. The van der Waals surface area contributed by atoms with Crippen LogP contribution in [-0.4, -0.2) is 22.2 Å². The van der Waals surface area contributed by atoms with E-state index >= 15 is 0 Å². The number of hydrogen-bond acceptors (Lipinski definition) is 6. The summed E-state index contributed by atoms with van der Waals surface area (Å²) in [6.45, 7) is 6.58. The molecule has 126 valence electrons. The molecule has 0 saturated carbocycles. The summed E-state index contributed by atoms with van der Waals surface area (Å²) >= 11 is 0. The van der Waals surface area contributed by atoms with Crippen LogP contribution in [0, 0.1) is 21.3 Å². The number of ether oxygens (including phenoxy) is 1. The molecule has 7 nitrogen and oxygen atoms in total. The Morgan fingerprint density at radius 1 is 1.48 bits per heavy atom. The molecule has 1 aromatic carbocycles. The van der Waals surface area contributed by atoms with E-state index in [0.717, 1.165) is 12.1 Å². The molecule has 3 N–H and O–H groups in total. The number of benzene rings is 1. The standard InChI is InChI=1S/C15H20FN3O4/c1-5-8(13(18)14(20)23-15(2,3)4)9-6-12(19(21)22)11(17)7-10(9)16/h6-8,18H,5,17H2,1-4H3. The van der Waals surface area contributed by atoms with Crippen molar-refractivity contribution in [3.8, 4) is 0 Å². The summed E-state index contributed by atoms with van der Waals surface area (Å²) in [6.07, 6.45) is 0.204. The SMILES string of the molecule is CCC(C(=N)C(=O)OC(C)(C)C)c1cc([N+](=O)[O-])c(N)cc1F. The molecule has 0 fully saturated rings. The average Bonchev–Trinajstić information content (AvgIpc) is 2.39. The predicted molar refractivity (Wildman–Crippen MR) is 84.1 cm³/mol. The summed E-state index contributed by atoms with van der Waals surface area (Å²) < 4.78 is 19.2. The van der Waals surface area contributed by atoms with Crippen LogP contribution in [0.15, 0.2) is 12.1 Å². The van der Waals surface area contributed by atoms with Gasteiger partial charge in [-0.2, -0.15) is 0 Å². The van der Waals surface area contributed by atoms with Gasteiger partial charge in [-0.15, -0.1) is 0 Å². The molecule has 0 aliphatic heterocycles. The number of anilines is 1. The van der Waals surface area contributed by atoms with Crippen LogP contribution in [0.25, 0.3) is 0 Å². The lowest BCUT2D eigenvalue weighted by Gasteiger charge is -2.22. The Kier molecular flexibility index (Phi) is 5.42. The summed E-state index contributed by atoms with van der Waals surface area (Å²) in [6, 6.07) is 1.80. The second-order valence-corrected chi connectivity index (χ2v) is 6.07. The van der Waals surface area contributed by atoms with Gasteiger partial charge in [0.15, 0.2) is 0 Å². The number of rotatable bonds is 5. The van der Waals surface area contributed by atoms with Crippen molar-refractivity contribution in [2.24, 2.45) is 0 Å². The Bertz CT molecular complexity index is 653. The molecule has 0 saturated heterocycles. The summed E-state index contributed by atoms with van der Waals surface area (Å²) in [4.78, 5) is 22.2. The van der Waals surface area contributed by atoms with Crippen molar-refractivity contribution in [1.82, 2.24) is 0 Å². The molecule has 0 heterocycles. The molecule has 0 spiro atoms. The Balaban J connectivity index is 3.25. The maximum atomic E-state index is 14.1. The number of esters is 1. The van der Waals surface area contributed by atoms with Crippen molar-refractivity contribution >= 4 is 23.1 Å². The number of nitrogens with two attached hydrogens (primary N) is 1. The van der Waals surface area contributed by atoms with Crippen molar-refractivity contribution in [2.45, 2.75) is 45.6 Å². The first kappa shape index (κ1) is 18.5. The smallest absolute Gasteiger partial charge is 0.353 e. The molecule has 1 unspecified atom stereocenters. The minimum atomic E-state index is -0.954. The first-order valence-corrected chi connectivity index (χ1v) is 7.03. The molecule has 1 rings (SSSR count). The molecule has 1 atom stereocenters. The summed E-state index contributed by atoms with van der Waals surface area (Å²) in [5.41, 5.74) is 3.28. The normalized spacial score (nSPS) is 12.6. The number of nitrogen functional groups attached to an aromatic ring is 1. The molecular formula is C15H20FN3O4. The van der Waals surface area contributed by atoms with Crippen molar-refractivity contribution in [3.05, 3.63) is 33.6 Å². The Morgan fingerprint density at radius 3 is 2.48 bits per heavy atom. The fourth-order valence-corrected chi connectivity index (χ4v) is 2.07. The van der Waals surface area contributed by atoms with Gasteiger partial charge in [0.25, 0.3) is 5.69 Å². The van der Waals surface area contributed by atoms with Crippen LogP contribution < -0.4 is 5.73 Å². The number of carbonyl (C=O) groups excluding carboxylic acids is 1. The monoisotopic (exact) mass is 325 g/mol. The topological polar surface area (TPSA) is 119 Å². The van der Waals surface area contributed by atoms with Crippen LogP contribution in [0.1, 0.15) is 45.6 Å². The van der Waals surface area contributed by atoms with Gasteiger partial charge in [-0.25, -0.2) is 9.18 Å². The van der Waals surface area contributed by atoms with E-state index in [9.17, 15) is 19.3 Å². The first-order chi connectivity index (χ1) is 10.5. The summed E-state index contributed by atoms with van der Waals surface area (Å²) in [5, 5.41) is 18.9. The Hall–Kier alpha value is -2.51. The van der Waals surface area contributed by atoms with Gasteiger partial charge >= 0.3 is 5.97 Å². The second kappa shape index (κ2) is 6.72. The molecule has 0 aromatic heterocycles. The van der Waals surface area contributed by atoms with Gasteiger partial charge in [0.1, 0.15) is 22.8 Å². The summed E-state index contributed by atoms with van der Waals surface area (Å²) in [7, 11) is 0. The van der Waals surface area contributed by atoms with E-state index < -0.39 is 39.6 Å². The number of carbonyl (C=O) groups is 1. The lowest BCUT2D eigenvalue weighted by atomic mass is 9.90. The zero-order chi connectivity index (χ0) is 17.9. The molecule has 0 bridgehead atoms. The third-order valence-corrected chi connectivity index (χ3v) is 3.09. The predicted octanol–water partition coefficient (Wildman–Crippen LogP) is 3.17. The third kappa shape index (κ3) is 4.48.